The molecular weight excluding hydrogens is 204 g/mol. The predicted molar refractivity (Wildman–Crippen MR) is 45.3 cm³/mol. The summed E-state index contributed by atoms with van der Waals surface area (Å²) in [6.45, 7) is 0.681. The van der Waals surface area contributed by atoms with Gasteiger partial charge in [0.2, 0.25) is 0 Å². The fourth-order valence-electron chi connectivity index (χ4n) is 1.23. The molecule has 1 saturated heterocycles. The van der Waals surface area contributed by atoms with E-state index in [1.165, 1.54) is 10.9 Å². The van der Waals surface area contributed by atoms with Crippen LogP contribution in [-0.2, 0) is 11.3 Å². The number of nitrogens with one attached hydrogen (secondary N) is 1. The van der Waals surface area contributed by atoms with Crippen LogP contribution in [0.3, 0.4) is 0 Å². The number of carbonyl (C=O) groups is 2. The maximum atomic E-state index is 10.7. The van der Waals surface area contributed by atoms with E-state index in [2.05, 4.69) is 15.6 Å². The van der Waals surface area contributed by atoms with Crippen molar-refractivity contribution in [2.24, 2.45) is 0 Å². The molecule has 1 fully saturated rings. The van der Waals surface area contributed by atoms with E-state index in [0.717, 1.165) is 0 Å². The van der Waals surface area contributed by atoms with Gasteiger partial charge in [-0.2, -0.15) is 0 Å². The molecule has 1 aliphatic heterocycles. The number of nitrogens with zero attached hydrogens (tertiary/aromatic N) is 3. The molecule has 1 aromatic rings. The van der Waals surface area contributed by atoms with Crippen molar-refractivity contribution in [3.8, 4) is 0 Å². The van der Waals surface area contributed by atoms with Gasteiger partial charge in [0, 0.05) is 0 Å². The van der Waals surface area contributed by atoms with E-state index < -0.39 is 12.1 Å². The quantitative estimate of drug-likeness (QED) is 0.671. The van der Waals surface area contributed by atoms with E-state index in [1.807, 2.05) is 0 Å². The maximum absolute atomic E-state index is 10.7. The number of alkyl carbamates (subject to hydrolysis) is 1. The summed E-state index contributed by atoms with van der Waals surface area (Å²) in [6, 6.07) is 0. The lowest BCUT2D eigenvalue weighted by Crippen LogP contribution is -2.20. The summed E-state index contributed by atoms with van der Waals surface area (Å²) in [6.07, 6.45) is 0.480. The summed E-state index contributed by atoms with van der Waals surface area (Å²) in [5.41, 5.74) is -0.132. The number of amides is 1. The third-order valence-electron chi connectivity index (χ3n) is 1.90. The minimum atomic E-state index is -1.14. The number of aromatic nitrogens is 3. The van der Waals surface area contributed by atoms with Gasteiger partial charge in [-0.15, -0.1) is 5.10 Å². The molecule has 1 aromatic heterocycles. The molecule has 1 unspecified atom stereocenters. The Kier molecular flexibility index (Phi) is 2.24. The second kappa shape index (κ2) is 3.56. The number of ether oxygens (including phenoxy) is 1. The summed E-state index contributed by atoms with van der Waals surface area (Å²) < 4.78 is 6.18. The van der Waals surface area contributed by atoms with E-state index >= 15 is 0 Å². The van der Waals surface area contributed by atoms with Gasteiger partial charge in [-0.3, -0.25) is 0 Å². The number of cyclic esters (lactones) is 1. The highest BCUT2D eigenvalue weighted by Crippen LogP contribution is 2.03. The van der Waals surface area contributed by atoms with Crippen LogP contribution in [0.4, 0.5) is 4.79 Å². The number of carbonyl (C=O) groups excluding carboxylic acids is 1. The average Bonchev–Trinajstić information content (AvgIpc) is 2.76. The molecule has 80 valence electrons. The van der Waals surface area contributed by atoms with Gasteiger partial charge in [-0.05, 0) is 0 Å². The summed E-state index contributed by atoms with van der Waals surface area (Å²) in [7, 11) is 0. The SMILES string of the molecule is O=C1NCC(Cn2cc(C(=O)O)nn2)O1. The molecule has 0 aromatic carbocycles. The zero-order valence-electron chi connectivity index (χ0n) is 7.58. The molecule has 8 heteroatoms. The zero-order valence-corrected chi connectivity index (χ0v) is 7.58. The van der Waals surface area contributed by atoms with Gasteiger partial charge in [0.05, 0.1) is 19.3 Å². The lowest BCUT2D eigenvalue weighted by Gasteiger charge is -2.05. The average molecular weight is 212 g/mol. The molecule has 0 aliphatic carbocycles. The normalized spacial score (nSPS) is 19.7. The molecular formula is C7H8N4O4. The Hall–Kier alpha value is -2.12. The van der Waals surface area contributed by atoms with Crippen molar-refractivity contribution < 1.29 is 19.4 Å². The third-order valence-corrected chi connectivity index (χ3v) is 1.90. The van der Waals surface area contributed by atoms with Gasteiger partial charge >= 0.3 is 12.1 Å². The van der Waals surface area contributed by atoms with Crippen LogP contribution >= 0.6 is 0 Å². The van der Waals surface area contributed by atoms with E-state index in [9.17, 15) is 9.59 Å². The van der Waals surface area contributed by atoms with Gasteiger partial charge in [0.15, 0.2) is 5.69 Å². The number of carboxylic acids is 1. The van der Waals surface area contributed by atoms with E-state index in [-0.39, 0.29) is 11.8 Å². The monoisotopic (exact) mass is 212 g/mol. The number of carboxylic acid groups (broad SMARTS) is 1. The Morgan fingerprint density at radius 2 is 2.60 bits per heavy atom. The standard InChI is InChI=1S/C7H8N4O4/c12-6(13)5-3-11(10-9-5)2-4-1-8-7(14)15-4/h3-4H,1-2H2,(H,8,14)(H,12,13). The van der Waals surface area contributed by atoms with Crippen molar-refractivity contribution in [2.45, 2.75) is 12.6 Å². The largest absolute Gasteiger partial charge is 0.476 e. The molecule has 0 spiro atoms. The van der Waals surface area contributed by atoms with Gasteiger partial charge in [-0.25, -0.2) is 14.3 Å². The van der Waals surface area contributed by atoms with Gasteiger partial charge < -0.3 is 15.2 Å². The van der Waals surface area contributed by atoms with Crippen LogP contribution in [0, 0.1) is 0 Å². The first-order valence-corrected chi connectivity index (χ1v) is 4.23. The van der Waals surface area contributed by atoms with Crippen molar-refractivity contribution in [1.82, 2.24) is 20.3 Å². The Balaban J connectivity index is 1.99. The molecule has 0 bridgehead atoms. The lowest BCUT2D eigenvalue weighted by molar-refractivity contribution is 0.0690. The lowest BCUT2D eigenvalue weighted by atomic mass is 10.3. The van der Waals surface area contributed by atoms with Crippen LogP contribution < -0.4 is 5.32 Å². The molecule has 2 rings (SSSR count). The maximum Gasteiger partial charge on any atom is 0.407 e. The summed E-state index contributed by atoms with van der Waals surface area (Å²) >= 11 is 0. The molecule has 8 nitrogen and oxygen atoms in total. The molecule has 0 radical (unpaired) electrons. The number of hydrogen-bond donors (Lipinski definition) is 2. The zero-order chi connectivity index (χ0) is 10.8. The number of rotatable bonds is 3. The fraction of sp³-hybridized carbons (Fsp3) is 0.429. The van der Waals surface area contributed by atoms with E-state index in [0.29, 0.717) is 13.1 Å². The second-order valence-electron chi connectivity index (χ2n) is 3.04. The molecule has 1 atom stereocenters. The minimum Gasteiger partial charge on any atom is -0.476 e. The Morgan fingerprint density at radius 1 is 1.80 bits per heavy atom. The number of aromatic carboxylic acids is 1. The molecule has 0 saturated carbocycles. The van der Waals surface area contributed by atoms with Gasteiger partial charge in [0.25, 0.3) is 0 Å². The number of hydrogen-bond acceptors (Lipinski definition) is 5. The highest BCUT2D eigenvalue weighted by Gasteiger charge is 2.23. The Bertz CT molecular complexity index is 401. The van der Waals surface area contributed by atoms with Crippen LogP contribution in [0.2, 0.25) is 0 Å². The van der Waals surface area contributed by atoms with Crippen LogP contribution in [0.1, 0.15) is 10.5 Å². The van der Waals surface area contributed by atoms with Crippen molar-refractivity contribution >= 4 is 12.1 Å². The molecule has 15 heavy (non-hydrogen) atoms. The van der Waals surface area contributed by atoms with E-state index in [1.54, 1.807) is 0 Å². The summed E-state index contributed by atoms with van der Waals surface area (Å²) in [4.78, 5) is 21.2. The van der Waals surface area contributed by atoms with Gasteiger partial charge in [0.1, 0.15) is 6.10 Å². The Labute approximate surface area is 83.8 Å². The topological polar surface area (TPSA) is 106 Å². The third kappa shape index (κ3) is 2.03. The van der Waals surface area contributed by atoms with Crippen LogP contribution in [0.5, 0.6) is 0 Å². The van der Waals surface area contributed by atoms with Crippen LogP contribution in [0.15, 0.2) is 6.20 Å². The first kappa shape index (κ1) is 9.44. The highest BCUT2D eigenvalue weighted by atomic mass is 16.6. The van der Waals surface area contributed by atoms with Crippen molar-refractivity contribution in [1.29, 1.82) is 0 Å². The molecule has 1 amide bonds. The minimum absolute atomic E-state index is 0.132. The van der Waals surface area contributed by atoms with Gasteiger partial charge in [-0.1, -0.05) is 5.21 Å². The van der Waals surface area contributed by atoms with Crippen molar-refractivity contribution in [3.05, 3.63) is 11.9 Å². The van der Waals surface area contributed by atoms with Crippen molar-refractivity contribution in [3.63, 3.8) is 0 Å². The van der Waals surface area contributed by atoms with E-state index in [4.69, 9.17) is 9.84 Å². The second-order valence-corrected chi connectivity index (χ2v) is 3.04. The van der Waals surface area contributed by atoms with Crippen LogP contribution in [0.25, 0.3) is 0 Å². The van der Waals surface area contributed by atoms with Crippen molar-refractivity contribution in [2.75, 3.05) is 6.54 Å². The first-order valence-electron chi connectivity index (χ1n) is 4.23. The first-order chi connectivity index (χ1) is 7.15. The fourth-order valence-corrected chi connectivity index (χ4v) is 1.23. The summed E-state index contributed by atoms with van der Waals surface area (Å²) in [5, 5.41) is 18.1. The highest BCUT2D eigenvalue weighted by molar-refractivity contribution is 5.84. The molecule has 2 heterocycles. The predicted octanol–water partition coefficient (Wildman–Crippen LogP) is -0.915. The Morgan fingerprint density at radius 3 is 3.13 bits per heavy atom. The smallest absolute Gasteiger partial charge is 0.407 e. The molecule has 1 aliphatic rings. The summed E-state index contributed by atoms with van der Waals surface area (Å²) in [5.74, 6) is -1.14. The molecule has 2 N–H and O–H groups in total. The van der Waals surface area contributed by atoms with Crippen LogP contribution in [-0.4, -0.2) is 44.8 Å².